The third kappa shape index (κ3) is 7.30. The van der Waals surface area contributed by atoms with Gasteiger partial charge in [-0.05, 0) is 37.1 Å². The van der Waals surface area contributed by atoms with Crippen LogP contribution in [0, 0.1) is 5.92 Å². The summed E-state index contributed by atoms with van der Waals surface area (Å²) in [4.78, 5) is 13.1. The molecule has 0 radical (unpaired) electrons. The van der Waals surface area contributed by atoms with Gasteiger partial charge in [0.25, 0.3) is 5.91 Å². The van der Waals surface area contributed by atoms with E-state index in [2.05, 4.69) is 5.32 Å². The number of benzene rings is 2. The van der Waals surface area contributed by atoms with Gasteiger partial charge in [-0.2, -0.15) is 0 Å². The number of amides is 1. The molecule has 0 bridgehead atoms. The maximum atomic E-state index is 13.1. The quantitative estimate of drug-likeness (QED) is 0.304. The first-order valence-electron chi connectivity index (χ1n) is 11.6. The van der Waals surface area contributed by atoms with Gasteiger partial charge in [0.2, 0.25) is 6.29 Å². The Morgan fingerprint density at radius 3 is 2.44 bits per heavy atom. The van der Waals surface area contributed by atoms with Gasteiger partial charge >= 0.3 is 0 Å². The SMILES string of the molecule is CCO[C@@H]1OC(C(=O)Nc2ccccc2N)=C[C@H](c2ccccc2)[C@H]1CCOCCOCCO. The van der Waals surface area contributed by atoms with Gasteiger partial charge in [0.1, 0.15) is 0 Å². The van der Waals surface area contributed by atoms with Crippen molar-refractivity contribution in [2.24, 2.45) is 5.92 Å². The largest absolute Gasteiger partial charge is 0.459 e. The van der Waals surface area contributed by atoms with Crippen LogP contribution in [0.15, 0.2) is 66.4 Å². The summed E-state index contributed by atoms with van der Waals surface area (Å²) in [6.07, 6.45) is 1.92. The maximum Gasteiger partial charge on any atom is 0.290 e. The zero-order valence-corrected chi connectivity index (χ0v) is 19.5. The van der Waals surface area contributed by atoms with Gasteiger partial charge in [-0.25, -0.2) is 0 Å². The average Bonchev–Trinajstić information content (AvgIpc) is 2.86. The molecule has 2 aromatic rings. The number of nitrogens with one attached hydrogen (secondary N) is 1. The number of para-hydroxylation sites is 2. The fraction of sp³-hybridized carbons (Fsp3) is 0.423. The summed E-state index contributed by atoms with van der Waals surface area (Å²) in [6, 6.07) is 17.1. The number of hydrogen-bond acceptors (Lipinski definition) is 7. The smallest absolute Gasteiger partial charge is 0.290 e. The Bertz CT molecular complexity index is 921. The number of rotatable bonds is 13. The Morgan fingerprint density at radius 1 is 1.03 bits per heavy atom. The van der Waals surface area contributed by atoms with Gasteiger partial charge in [0, 0.05) is 25.0 Å². The predicted molar refractivity (Wildman–Crippen MR) is 130 cm³/mol. The lowest BCUT2D eigenvalue weighted by Crippen LogP contribution is -2.38. The maximum absolute atomic E-state index is 13.1. The number of nitrogen functional groups attached to an aromatic ring is 1. The van der Waals surface area contributed by atoms with E-state index in [1.165, 1.54) is 0 Å². The first-order valence-corrected chi connectivity index (χ1v) is 11.6. The molecule has 0 unspecified atom stereocenters. The fourth-order valence-corrected chi connectivity index (χ4v) is 3.89. The zero-order valence-electron chi connectivity index (χ0n) is 19.5. The molecule has 0 aromatic heterocycles. The molecule has 0 saturated carbocycles. The standard InChI is InChI=1S/C26H34N2O6/c1-2-33-26-20(12-14-31-16-17-32-15-13-29)21(19-8-4-3-5-9-19)18-24(34-26)25(30)28-23-11-7-6-10-22(23)27/h3-11,18,20-21,26,29H,2,12-17,27H2,1H3,(H,28,30)/t20-,21-,26-/m1/s1. The van der Waals surface area contributed by atoms with Gasteiger partial charge in [0.05, 0.1) is 37.8 Å². The summed E-state index contributed by atoms with van der Waals surface area (Å²) in [5.41, 5.74) is 8.06. The Balaban J connectivity index is 1.77. The Morgan fingerprint density at radius 2 is 1.74 bits per heavy atom. The summed E-state index contributed by atoms with van der Waals surface area (Å²) in [7, 11) is 0. The molecule has 8 nitrogen and oxygen atoms in total. The van der Waals surface area contributed by atoms with Crippen LogP contribution in [-0.4, -0.2) is 56.9 Å². The lowest BCUT2D eigenvalue weighted by molar-refractivity contribution is -0.166. The van der Waals surface area contributed by atoms with Crippen molar-refractivity contribution in [3.63, 3.8) is 0 Å². The monoisotopic (exact) mass is 470 g/mol. The topological polar surface area (TPSA) is 112 Å². The molecule has 0 saturated heterocycles. The number of anilines is 2. The molecular weight excluding hydrogens is 436 g/mol. The Kier molecular flexibility index (Phi) is 10.4. The van der Waals surface area contributed by atoms with E-state index >= 15 is 0 Å². The van der Waals surface area contributed by atoms with Crippen LogP contribution in [-0.2, 0) is 23.7 Å². The van der Waals surface area contributed by atoms with Crippen LogP contribution < -0.4 is 11.1 Å². The Hall–Kier alpha value is -2.91. The van der Waals surface area contributed by atoms with Gasteiger partial charge < -0.3 is 35.1 Å². The van der Waals surface area contributed by atoms with Crippen molar-refractivity contribution in [2.45, 2.75) is 25.6 Å². The molecule has 1 aliphatic heterocycles. The molecule has 1 heterocycles. The number of nitrogens with two attached hydrogens (primary N) is 1. The lowest BCUT2D eigenvalue weighted by Gasteiger charge is -2.37. The minimum Gasteiger partial charge on any atom is -0.459 e. The van der Waals surface area contributed by atoms with E-state index in [-0.39, 0.29) is 30.1 Å². The summed E-state index contributed by atoms with van der Waals surface area (Å²) in [5.74, 6) is -0.335. The molecule has 0 aliphatic carbocycles. The average molecular weight is 471 g/mol. The van der Waals surface area contributed by atoms with Gasteiger partial charge in [-0.3, -0.25) is 4.79 Å². The van der Waals surface area contributed by atoms with Crippen LogP contribution in [0.4, 0.5) is 11.4 Å². The van der Waals surface area contributed by atoms with Crippen LogP contribution in [0.1, 0.15) is 24.8 Å². The molecule has 184 valence electrons. The highest BCUT2D eigenvalue weighted by Gasteiger charge is 2.38. The number of aliphatic hydroxyl groups is 1. The summed E-state index contributed by atoms with van der Waals surface area (Å²) >= 11 is 0. The zero-order chi connectivity index (χ0) is 24.2. The molecule has 1 aliphatic rings. The van der Waals surface area contributed by atoms with Crippen molar-refractivity contribution in [3.8, 4) is 0 Å². The summed E-state index contributed by atoms with van der Waals surface area (Å²) < 4.78 is 23.0. The van der Waals surface area contributed by atoms with Crippen molar-refractivity contribution >= 4 is 17.3 Å². The van der Waals surface area contributed by atoms with Gasteiger partial charge in [-0.1, -0.05) is 42.5 Å². The molecule has 3 rings (SSSR count). The molecule has 3 atom stereocenters. The van der Waals surface area contributed by atoms with Crippen LogP contribution in [0.25, 0.3) is 0 Å². The highest BCUT2D eigenvalue weighted by Crippen LogP contribution is 2.39. The number of aliphatic hydroxyl groups excluding tert-OH is 1. The molecule has 4 N–H and O–H groups in total. The van der Waals surface area contributed by atoms with E-state index in [0.717, 1.165) is 5.56 Å². The van der Waals surface area contributed by atoms with Gasteiger partial charge in [0.15, 0.2) is 5.76 Å². The van der Waals surface area contributed by atoms with E-state index in [4.69, 9.17) is 29.8 Å². The number of hydrogen-bond donors (Lipinski definition) is 3. The van der Waals surface area contributed by atoms with Crippen LogP contribution in [0.5, 0.6) is 0 Å². The molecule has 0 spiro atoms. The van der Waals surface area contributed by atoms with Crippen molar-refractivity contribution in [1.82, 2.24) is 0 Å². The van der Waals surface area contributed by atoms with E-state index in [9.17, 15) is 4.79 Å². The highest BCUT2D eigenvalue weighted by atomic mass is 16.7. The van der Waals surface area contributed by atoms with Crippen LogP contribution in [0.2, 0.25) is 0 Å². The number of ether oxygens (including phenoxy) is 4. The van der Waals surface area contributed by atoms with E-state index < -0.39 is 6.29 Å². The minimum absolute atomic E-state index is 0.00663. The molecule has 0 fully saturated rings. The van der Waals surface area contributed by atoms with E-state index in [1.54, 1.807) is 12.1 Å². The highest BCUT2D eigenvalue weighted by molar-refractivity contribution is 6.04. The molecule has 2 aromatic carbocycles. The third-order valence-corrected chi connectivity index (χ3v) is 5.54. The first-order chi connectivity index (χ1) is 16.6. The van der Waals surface area contributed by atoms with Crippen molar-refractivity contribution in [3.05, 3.63) is 72.0 Å². The second-order valence-corrected chi connectivity index (χ2v) is 7.85. The first kappa shape index (κ1) is 25.7. The second kappa shape index (κ2) is 13.7. The van der Waals surface area contributed by atoms with Crippen molar-refractivity contribution < 1.29 is 28.8 Å². The normalized spacial score (nSPS) is 19.8. The molecule has 34 heavy (non-hydrogen) atoms. The third-order valence-electron chi connectivity index (χ3n) is 5.54. The number of allylic oxidation sites excluding steroid dienone is 1. The minimum atomic E-state index is -0.608. The Labute approximate surface area is 200 Å². The number of carbonyl (C=O) groups excluding carboxylic acids is 1. The van der Waals surface area contributed by atoms with Crippen LogP contribution >= 0.6 is 0 Å². The lowest BCUT2D eigenvalue weighted by atomic mass is 9.81. The molecule has 8 heteroatoms. The summed E-state index contributed by atoms with van der Waals surface area (Å²) in [6.45, 7) is 3.98. The van der Waals surface area contributed by atoms with Crippen molar-refractivity contribution in [2.75, 3.05) is 50.7 Å². The van der Waals surface area contributed by atoms with Gasteiger partial charge in [-0.15, -0.1) is 0 Å². The second-order valence-electron chi connectivity index (χ2n) is 7.85. The summed E-state index contributed by atoms with van der Waals surface area (Å²) in [5, 5.41) is 11.6. The molecular formula is C26H34N2O6. The number of carbonyl (C=O) groups is 1. The van der Waals surface area contributed by atoms with Crippen molar-refractivity contribution in [1.29, 1.82) is 0 Å². The fourth-order valence-electron chi connectivity index (χ4n) is 3.89. The van der Waals surface area contributed by atoms with Crippen LogP contribution in [0.3, 0.4) is 0 Å². The van der Waals surface area contributed by atoms with E-state index in [0.29, 0.717) is 50.8 Å². The molecule has 1 amide bonds. The van der Waals surface area contributed by atoms with E-state index in [1.807, 2.05) is 55.5 Å². The predicted octanol–water partition coefficient (Wildman–Crippen LogP) is 3.30.